The molecule has 0 spiro atoms. The molecule has 0 saturated carbocycles. The number of aliphatic imine (C=N–C) groups is 1. The number of aromatic carboxylic acids is 1. The van der Waals surface area contributed by atoms with Gasteiger partial charge in [-0.1, -0.05) is 29.8 Å². The number of fused-ring (bicyclic) bond motifs is 3. The fourth-order valence-corrected chi connectivity index (χ4v) is 4.79. The van der Waals surface area contributed by atoms with E-state index in [0.717, 1.165) is 17.7 Å². The van der Waals surface area contributed by atoms with Crippen molar-refractivity contribution in [2.45, 2.75) is 25.3 Å². The summed E-state index contributed by atoms with van der Waals surface area (Å²) in [5.41, 5.74) is 3.58. The number of benzene rings is 1. The summed E-state index contributed by atoms with van der Waals surface area (Å²) in [5.74, 6) is -1.21. The van der Waals surface area contributed by atoms with Gasteiger partial charge in [-0.15, -0.1) is 0 Å². The lowest BCUT2D eigenvalue weighted by Gasteiger charge is -2.27. The van der Waals surface area contributed by atoms with Crippen LogP contribution in [0.1, 0.15) is 40.4 Å². The first-order valence-corrected chi connectivity index (χ1v) is 11.5. The van der Waals surface area contributed by atoms with Crippen LogP contribution in [0.25, 0.3) is 0 Å². The fourth-order valence-electron chi connectivity index (χ4n) is 4.58. The van der Waals surface area contributed by atoms with Crippen molar-refractivity contribution in [1.29, 1.82) is 0 Å². The van der Waals surface area contributed by atoms with Gasteiger partial charge in [0.15, 0.2) is 0 Å². The van der Waals surface area contributed by atoms with Crippen molar-refractivity contribution in [3.05, 3.63) is 88.0 Å². The lowest BCUT2D eigenvalue weighted by molar-refractivity contribution is 0.0693. The average Bonchev–Trinajstić information content (AvgIpc) is 3.00. The third kappa shape index (κ3) is 4.49. The minimum atomic E-state index is -1.08. The molecule has 9 heteroatoms. The molecule has 0 saturated heterocycles. The number of allylic oxidation sites excluding steroid dienone is 8. The minimum Gasteiger partial charge on any atom is -0.496 e. The number of anilines is 2. The number of aromatic nitrogens is 2. The molecule has 0 fully saturated rings. The van der Waals surface area contributed by atoms with Gasteiger partial charge in [-0.2, -0.15) is 0 Å². The lowest BCUT2D eigenvalue weighted by Crippen LogP contribution is -2.24. The van der Waals surface area contributed by atoms with E-state index in [1.54, 1.807) is 18.3 Å². The third-order valence-corrected chi connectivity index (χ3v) is 6.50. The van der Waals surface area contributed by atoms with Gasteiger partial charge in [0, 0.05) is 51.7 Å². The molecule has 1 aromatic carbocycles. The molecule has 2 atom stereocenters. The average molecular weight is 493 g/mol. The number of rotatable bonds is 5. The zero-order valence-corrected chi connectivity index (χ0v) is 19.6. The van der Waals surface area contributed by atoms with Crippen LogP contribution in [0.3, 0.4) is 0 Å². The Balaban J connectivity index is 1.50. The molecule has 1 aliphatic heterocycles. The number of ether oxygens (including phenoxy) is 1. The molecule has 1 aromatic heterocycles. The molecule has 7 nitrogen and oxygen atoms in total. The highest BCUT2D eigenvalue weighted by Gasteiger charge is 2.34. The monoisotopic (exact) mass is 492 g/mol. The molecule has 178 valence electrons. The minimum absolute atomic E-state index is 0.0588. The van der Waals surface area contributed by atoms with E-state index in [-0.39, 0.29) is 29.0 Å². The van der Waals surface area contributed by atoms with Crippen molar-refractivity contribution in [2.75, 3.05) is 12.4 Å². The van der Waals surface area contributed by atoms with Crippen LogP contribution in [0.4, 0.5) is 16.0 Å². The van der Waals surface area contributed by atoms with Gasteiger partial charge in [-0.3, -0.25) is 4.99 Å². The number of carbonyl (C=O) groups is 1. The number of nitrogens with one attached hydrogen (secondary N) is 1. The molecule has 0 bridgehead atoms. The lowest BCUT2D eigenvalue weighted by atomic mass is 9.78. The summed E-state index contributed by atoms with van der Waals surface area (Å²) in [6.07, 6.45) is 12.1. The number of methoxy groups -OCH3 is 1. The maximum absolute atomic E-state index is 14.8. The normalized spacial score (nSPS) is 20.9. The quantitative estimate of drug-likeness (QED) is 0.543. The highest BCUT2D eigenvalue weighted by molar-refractivity contribution is 6.31. The van der Waals surface area contributed by atoms with E-state index in [2.05, 4.69) is 10.3 Å². The van der Waals surface area contributed by atoms with E-state index < -0.39 is 5.97 Å². The smallest absolute Gasteiger partial charge is 0.339 e. The zero-order chi connectivity index (χ0) is 24.5. The molecule has 5 rings (SSSR count). The molecule has 0 radical (unpaired) electrons. The second kappa shape index (κ2) is 9.46. The van der Waals surface area contributed by atoms with Crippen LogP contribution in [-0.2, 0) is 6.54 Å². The molecule has 2 aliphatic carbocycles. The third-order valence-electron chi connectivity index (χ3n) is 6.25. The van der Waals surface area contributed by atoms with E-state index in [4.69, 9.17) is 26.3 Å². The summed E-state index contributed by atoms with van der Waals surface area (Å²) in [5, 5.41) is 13.0. The van der Waals surface area contributed by atoms with Crippen LogP contribution in [0.2, 0.25) is 0 Å². The molecular weight excluding hydrogens is 471 g/mol. The second-order valence-electron chi connectivity index (χ2n) is 8.38. The number of hydrogen-bond acceptors (Lipinski definition) is 6. The van der Waals surface area contributed by atoms with Crippen molar-refractivity contribution in [2.24, 2.45) is 10.9 Å². The number of nitrogens with zero attached hydrogens (tertiary/aromatic N) is 3. The summed E-state index contributed by atoms with van der Waals surface area (Å²) in [4.78, 5) is 25.4. The van der Waals surface area contributed by atoms with Gasteiger partial charge >= 0.3 is 5.97 Å². The van der Waals surface area contributed by atoms with Crippen LogP contribution in [0, 0.1) is 5.92 Å². The molecule has 2 unspecified atom stereocenters. The van der Waals surface area contributed by atoms with E-state index in [1.807, 2.05) is 24.3 Å². The highest BCUT2D eigenvalue weighted by atomic mass is 35.5. The van der Waals surface area contributed by atoms with Gasteiger partial charge in [0.1, 0.15) is 17.1 Å². The number of carboxylic acids is 1. The van der Waals surface area contributed by atoms with Crippen LogP contribution >= 0.6 is 11.6 Å². The summed E-state index contributed by atoms with van der Waals surface area (Å²) in [6, 6.07) is 4.66. The Hall–Kier alpha value is -3.78. The molecule has 2 N–H and O–H groups in total. The van der Waals surface area contributed by atoms with Gasteiger partial charge in [-0.05, 0) is 37.1 Å². The number of hydrogen-bond donors (Lipinski definition) is 2. The van der Waals surface area contributed by atoms with Crippen LogP contribution in [0.5, 0.6) is 5.75 Å². The van der Waals surface area contributed by atoms with Crippen LogP contribution in [-0.4, -0.2) is 33.9 Å². The van der Waals surface area contributed by atoms with E-state index in [9.17, 15) is 14.3 Å². The Labute approximate surface area is 206 Å². The first-order chi connectivity index (χ1) is 16.9. The number of carboxylic acid groups (broad SMARTS) is 1. The topological polar surface area (TPSA) is 96.7 Å². The largest absolute Gasteiger partial charge is 0.496 e. The maximum Gasteiger partial charge on any atom is 0.339 e. The van der Waals surface area contributed by atoms with E-state index in [0.29, 0.717) is 40.9 Å². The van der Waals surface area contributed by atoms with Gasteiger partial charge < -0.3 is 15.2 Å². The first-order valence-electron chi connectivity index (χ1n) is 11.1. The molecule has 2 aromatic rings. The highest BCUT2D eigenvalue weighted by Crippen LogP contribution is 2.41. The van der Waals surface area contributed by atoms with Gasteiger partial charge in [0.2, 0.25) is 5.95 Å². The molecule has 3 aliphatic rings. The Morgan fingerprint density at radius 3 is 2.91 bits per heavy atom. The van der Waals surface area contributed by atoms with Gasteiger partial charge in [0.25, 0.3) is 0 Å². The van der Waals surface area contributed by atoms with Crippen molar-refractivity contribution >= 4 is 34.9 Å². The standard InChI is InChI=1S/C26H22ClFN4O3/c1-35-22-11-16(7-9-19(22)25(33)34)31-26-30-13-14-12-29-24(18-4-2-3-5-21(18)28)20-10-15(27)6-8-17(20)23(14)32-26/h3,5-11,13,17,20H,2,4,12H2,1H3,(H,33,34)(H,30,31,32). The van der Waals surface area contributed by atoms with E-state index in [1.165, 1.54) is 19.3 Å². The Kier molecular flexibility index (Phi) is 6.21. The molecule has 0 amide bonds. The predicted octanol–water partition coefficient (Wildman–Crippen LogP) is 5.85. The Morgan fingerprint density at radius 1 is 1.29 bits per heavy atom. The van der Waals surface area contributed by atoms with Crippen LogP contribution < -0.4 is 10.1 Å². The summed E-state index contributed by atoms with van der Waals surface area (Å²) >= 11 is 6.36. The SMILES string of the molecule is COc1cc(Nc2ncc3c(n2)C2C=CC(Cl)=CC2C(C2=C(F)C=CCC2)=NC3)ccc1C(=O)O. The Morgan fingerprint density at radius 2 is 2.14 bits per heavy atom. The van der Waals surface area contributed by atoms with Crippen molar-refractivity contribution in [1.82, 2.24) is 9.97 Å². The van der Waals surface area contributed by atoms with Gasteiger partial charge in [0.05, 0.1) is 19.3 Å². The maximum atomic E-state index is 14.8. The zero-order valence-electron chi connectivity index (χ0n) is 18.8. The summed E-state index contributed by atoms with van der Waals surface area (Å²) in [6.45, 7) is 0.332. The predicted molar refractivity (Wildman–Crippen MR) is 132 cm³/mol. The summed E-state index contributed by atoms with van der Waals surface area (Å²) < 4.78 is 20.0. The first kappa shape index (κ1) is 23.0. The molecular formula is C26H22ClFN4O3. The van der Waals surface area contributed by atoms with Crippen molar-refractivity contribution in [3.63, 3.8) is 0 Å². The Bertz CT molecular complexity index is 1360. The van der Waals surface area contributed by atoms with Crippen LogP contribution in [0.15, 0.2) is 76.2 Å². The fraction of sp³-hybridized carbons (Fsp3) is 0.231. The molecule has 35 heavy (non-hydrogen) atoms. The summed E-state index contributed by atoms with van der Waals surface area (Å²) in [7, 11) is 1.41. The number of halogens is 2. The second-order valence-corrected chi connectivity index (χ2v) is 8.82. The van der Waals surface area contributed by atoms with Crippen molar-refractivity contribution in [3.8, 4) is 5.75 Å². The van der Waals surface area contributed by atoms with Crippen molar-refractivity contribution < 1.29 is 19.0 Å². The molecule has 2 heterocycles. The van der Waals surface area contributed by atoms with Gasteiger partial charge in [-0.25, -0.2) is 19.2 Å². The van der Waals surface area contributed by atoms with E-state index >= 15 is 0 Å².